The van der Waals surface area contributed by atoms with Gasteiger partial charge in [-0.25, -0.2) is 0 Å². The molecule has 0 radical (unpaired) electrons. The predicted molar refractivity (Wildman–Crippen MR) is 142 cm³/mol. The van der Waals surface area contributed by atoms with E-state index in [9.17, 15) is 14.7 Å². The largest absolute Gasteiger partial charge is 0.507 e. The second-order valence-corrected chi connectivity index (χ2v) is 8.74. The van der Waals surface area contributed by atoms with Crippen LogP contribution in [0, 0.1) is 0 Å². The van der Waals surface area contributed by atoms with Gasteiger partial charge in [-0.05, 0) is 53.9 Å². The Bertz CT molecular complexity index is 1430. The fraction of sp³-hybridized carbons (Fsp3) is 0.129. The predicted octanol–water partition coefficient (Wildman–Crippen LogP) is 5.85. The highest BCUT2D eigenvalue weighted by molar-refractivity contribution is 6.51. The average Bonchev–Trinajstić information content (AvgIpc) is 3.23. The summed E-state index contributed by atoms with van der Waals surface area (Å²) in [4.78, 5) is 32.4. The Morgan fingerprint density at radius 3 is 2.22 bits per heavy atom. The van der Waals surface area contributed by atoms with Crippen molar-refractivity contribution in [2.75, 3.05) is 4.90 Å². The van der Waals surface area contributed by atoms with Crippen molar-refractivity contribution in [3.63, 3.8) is 0 Å². The number of nitrogens with zero attached hydrogens (tertiary/aromatic N) is 2. The topological polar surface area (TPSA) is 79.7 Å². The molecule has 5 rings (SSSR count). The molecule has 1 atom stereocenters. The lowest BCUT2D eigenvalue weighted by Crippen LogP contribution is -2.29. The lowest BCUT2D eigenvalue weighted by Gasteiger charge is -2.24. The number of Topliss-reactive ketones (excluding diaryl/α,β-unsaturated/α-hetero) is 1. The lowest BCUT2D eigenvalue weighted by molar-refractivity contribution is -0.132. The monoisotopic (exact) mass is 490 g/mol. The van der Waals surface area contributed by atoms with Crippen molar-refractivity contribution in [1.82, 2.24) is 4.98 Å². The molecule has 1 unspecified atom stereocenters. The normalized spacial score (nSPS) is 16.7. The Kier molecular flexibility index (Phi) is 6.81. The highest BCUT2D eigenvalue weighted by Crippen LogP contribution is 2.41. The third-order valence-electron chi connectivity index (χ3n) is 6.41. The van der Waals surface area contributed by atoms with E-state index in [1.54, 1.807) is 60.8 Å². The number of aliphatic hydroxyl groups is 1. The van der Waals surface area contributed by atoms with Crippen LogP contribution in [-0.2, 0) is 22.6 Å². The van der Waals surface area contributed by atoms with Crippen molar-refractivity contribution in [3.05, 3.63) is 131 Å². The molecule has 184 valence electrons. The Balaban J connectivity index is 1.51. The number of aromatic nitrogens is 1. The van der Waals surface area contributed by atoms with E-state index in [0.717, 1.165) is 17.5 Å². The molecule has 1 amide bonds. The fourth-order valence-electron chi connectivity index (χ4n) is 4.41. The number of ether oxygens (including phenoxy) is 1. The summed E-state index contributed by atoms with van der Waals surface area (Å²) in [6, 6.07) is 28.5. The first kappa shape index (κ1) is 24.0. The summed E-state index contributed by atoms with van der Waals surface area (Å²) in [7, 11) is 0. The van der Waals surface area contributed by atoms with E-state index in [1.807, 2.05) is 49.4 Å². The number of anilines is 1. The first-order chi connectivity index (χ1) is 18.1. The minimum Gasteiger partial charge on any atom is -0.507 e. The van der Waals surface area contributed by atoms with E-state index >= 15 is 0 Å². The number of amides is 1. The molecule has 0 bridgehead atoms. The maximum absolute atomic E-state index is 13.3. The summed E-state index contributed by atoms with van der Waals surface area (Å²) >= 11 is 0. The number of rotatable bonds is 7. The standard InChI is InChI=1S/C31H26N2O4/c1-2-21-11-13-23(14-12-21)29(34)27-28(26-10-6-7-19-32-26)33(31(36)30(27)35)24-15-17-25(18-16-24)37-20-22-8-4-3-5-9-22/h3-19,28,34H,2,20H2,1H3/b29-27-. The van der Waals surface area contributed by atoms with Crippen LogP contribution in [0.4, 0.5) is 5.69 Å². The zero-order chi connectivity index (χ0) is 25.8. The number of aryl methyl sites for hydroxylation is 1. The molecule has 1 aliphatic heterocycles. The Morgan fingerprint density at radius 2 is 1.57 bits per heavy atom. The molecule has 1 fully saturated rings. The number of hydrogen-bond donors (Lipinski definition) is 1. The number of hydrogen-bond acceptors (Lipinski definition) is 5. The van der Waals surface area contributed by atoms with Gasteiger partial charge in [0, 0.05) is 17.4 Å². The van der Waals surface area contributed by atoms with Gasteiger partial charge < -0.3 is 9.84 Å². The molecule has 0 saturated carbocycles. The van der Waals surface area contributed by atoms with Gasteiger partial charge in [0.05, 0.1) is 11.3 Å². The van der Waals surface area contributed by atoms with Gasteiger partial charge in [-0.1, -0.05) is 67.6 Å². The number of pyridine rings is 1. The molecule has 1 aromatic heterocycles. The Labute approximate surface area is 215 Å². The van der Waals surface area contributed by atoms with E-state index in [1.165, 1.54) is 4.90 Å². The summed E-state index contributed by atoms with van der Waals surface area (Å²) in [5.74, 6) is -1.06. The molecule has 2 heterocycles. The molecule has 6 heteroatoms. The number of carbonyl (C=O) groups excluding carboxylic acids is 2. The maximum atomic E-state index is 13.3. The molecule has 1 aliphatic rings. The van der Waals surface area contributed by atoms with E-state index in [-0.39, 0.29) is 11.3 Å². The Hall–Kier alpha value is -4.71. The van der Waals surface area contributed by atoms with Crippen LogP contribution in [0.3, 0.4) is 0 Å². The number of ketones is 1. The molecule has 4 aromatic rings. The maximum Gasteiger partial charge on any atom is 0.300 e. The van der Waals surface area contributed by atoms with Crippen LogP contribution in [0.5, 0.6) is 5.75 Å². The molecule has 6 nitrogen and oxygen atoms in total. The van der Waals surface area contributed by atoms with Crippen molar-refractivity contribution in [1.29, 1.82) is 0 Å². The van der Waals surface area contributed by atoms with Crippen molar-refractivity contribution < 1.29 is 19.4 Å². The third-order valence-corrected chi connectivity index (χ3v) is 6.41. The molecule has 1 N–H and O–H groups in total. The van der Waals surface area contributed by atoms with Gasteiger partial charge >= 0.3 is 0 Å². The minimum atomic E-state index is -0.872. The zero-order valence-corrected chi connectivity index (χ0v) is 20.4. The van der Waals surface area contributed by atoms with Crippen LogP contribution in [0.2, 0.25) is 0 Å². The van der Waals surface area contributed by atoms with Gasteiger partial charge in [0.15, 0.2) is 0 Å². The minimum absolute atomic E-state index is 0.0114. The van der Waals surface area contributed by atoms with E-state index in [4.69, 9.17) is 4.74 Å². The van der Waals surface area contributed by atoms with Crippen LogP contribution >= 0.6 is 0 Å². The van der Waals surface area contributed by atoms with Crippen LogP contribution in [-0.4, -0.2) is 21.8 Å². The van der Waals surface area contributed by atoms with Gasteiger partial charge in [0.1, 0.15) is 24.2 Å². The van der Waals surface area contributed by atoms with Gasteiger partial charge in [0.25, 0.3) is 11.7 Å². The highest BCUT2D eigenvalue weighted by atomic mass is 16.5. The van der Waals surface area contributed by atoms with Gasteiger partial charge in [-0.15, -0.1) is 0 Å². The second kappa shape index (κ2) is 10.5. The van der Waals surface area contributed by atoms with Crippen LogP contribution in [0.15, 0.2) is 109 Å². The summed E-state index contributed by atoms with van der Waals surface area (Å²) in [5, 5.41) is 11.2. The van der Waals surface area contributed by atoms with Crippen molar-refractivity contribution in [3.8, 4) is 5.75 Å². The molecular weight excluding hydrogens is 464 g/mol. The summed E-state index contributed by atoms with van der Waals surface area (Å²) < 4.78 is 5.87. The summed E-state index contributed by atoms with van der Waals surface area (Å²) in [6.45, 7) is 2.45. The van der Waals surface area contributed by atoms with Crippen LogP contribution in [0.1, 0.15) is 35.3 Å². The number of benzene rings is 3. The second-order valence-electron chi connectivity index (χ2n) is 8.74. The van der Waals surface area contributed by atoms with E-state index in [0.29, 0.717) is 29.3 Å². The fourth-order valence-corrected chi connectivity index (χ4v) is 4.41. The Morgan fingerprint density at radius 1 is 0.865 bits per heavy atom. The van der Waals surface area contributed by atoms with Crippen molar-refractivity contribution in [2.24, 2.45) is 0 Å². The van der Waals surface area contributed by atoms with Gasteiger partial charge in [-0.3, -0.25) is 19.5 Å². The van der Waals surface area contributed by atoms with Gasteiger partial charge in [-0.2, -0.15) is 0 Å². The zero-order valence-electron chi connectivity index (χ0n) is 20.4. The SMILES string of the molecule is CCc1ccc(/C(O)=C2/C(=O)C(=O)N(c3ccc(OCc4ccccc4)cc3)C2c2ccccn2)cc1. The quantitative estimate of drug-likeness (QED) is 0.200. The average molecular weight is 491 g/mol. The number of carbonyl (C=O) groups is 2. The van der Waals surface area contributed by atoms with Crippen LogP contribution < -0.4 is 9.64 Å². The van der Waals surface area contributed by atoms with E-state index in [2.05, 4.69) is 4.98 Å². The van der Waals surface area contributed by atoms with E-state index < -0.39 is 17.7 Å². The lowest BCUT2D eigenvalue weighted by atomic mass is 9.97. The third kappa shape index (κ3) is 4.86. The highest BCUT2D eigenvalue weighted by Gasteiger charge is 2.47. The molecule has 1 saturated heterocycles. The smallest absolute Gasteiger partial charge is 0.300 e. The molecule has 0 spiro atoms. The van der Waals surface area contributed by atoms with Crippen molar-refractivity contribution >= 4 is 23.1 Å². The summed E-state index contributed by atoms with van der Waals surface area (Å²) in [5.41, 5.74) is 3.62. The van der Waals surface area contributed by atoms with Crippen molar-refractivity contribution in [2.45, 2.75) is 26.0 Å². The molecule has 0 aliphatic carbocycles. The van der Waals surface area contributed by atoms with Gasteiger partial charge in [0.2, 0.25) is 0 Å². The van der Waals surface area contributed by atoms with Crippen LogP contribution in [0.25, 0.3) is 5.76 Å². The summed E-state index contributed by atoms with van der Waals surface area (Å²) in [6.07, 6.45) is 2.45. The number of aliphatic hydroxyl groups excluding tert-OH is 1. The molecule has 37 heavy (non-hydrogen) atoms. The first-order valence-corrected chi connectivity index (χ1v) is 12.1. The first-order valence-electron chi connectivity index (χ1n) is 12.1. The molecular formula is C31H26N2O4. The molecule has 3 aromatic carbocycles.